The smallest absolute Gasteiger partial charge is 0.309 e. The van der Waals surface area contributed by atoms with Crippen LogP contribution in [-0.2, 0) is 49.0 Å². The van der Waals surface area contributed by atoms with E-state index in [1.54, 1.807) is 12.1 Å². The van der Waals surface area contributed by atoms with Gasteiger partial charge >= 0.3 is 5.97 Å². The van der Waals surface area contributed by atoms with Crippen molar-refractivity contribution < 1.29 is 22.7 Å². The number of nitrogens with zero attached hydrogens (tertiary/aromatic N) is 3. The molecule has 3 aromatic rings. The summed E-state index contributed by atoms with van der Waals surface area (Å²) in [6.45, 7) is 7.11. The van der Waals surface area contributed by atoms with Crippen LogP contribution in [0.2, 0.25) is 0 Å². The minimum absolute atomic E-state index is 0.0599. The number of aromatic nitrogens is 2. The Kier molecular flexibility index (Phi) is 13.6. The van der Waals surface area contributed by atoms with Gasteiger partial charge in [0.1, 0.15) is 5.82 Å². The number of sulfone groups is 1. The zero-order valence-corrected chi connectivity index (χ0v) is 30.2. The van der Waals surface area contributed by atoms with E-state index in [9.17, 15) is 18.0 Å². The quantitative estimate of drug-likeness (QED) is 0.133. The fraction of sp³-hybridized carbons (Fsp3) is 0.514. The van der Waals surface area contributed by atoms with Crippen LogP contribution >= 0.6 is 0 Å². The van der Waals surface area contributed by atoms with Crippen LogP contribution < -0.4 is 16.4 Å². The third-order valence-corrected chi connectivity index (χ3v) is 10.5. The van der Waals surface area contributed by atoms with Crippen molar-refractivity contribution in [3.8, 4) is 0 Å². The first-order valence-corrected chi connectivity index (χ1v) is 19.1. The van der Waals surface area contributed by atoms with Crippen LogP contribution in [0.25, 0.3) is 0 Å². The molecule has 0 saturated carbocycles. The zero-order chi connectivity index (χ0) is 35.4. The molecule has 11 nitrogen and oxygen atoms in total. The zero-order valence-electron chi connectivity index (χ0n) is 29.4. The van der Waals surface area contributed by atoms with Crippen LogP contribution in [0.4, 0.5) is 11.8 Å². The molecule has 1 aromatic heterocycles. The predicted molar refractivity (Wildman–Crippen MR) is 193 cm³/mol. The van der Waals surface area contributed by atoms with E-state index in [2.05, 4.69) is 32.4 Å². The van der Waals surface area contributed by atoms with Gasteiger partial charge in [-0.1, -0.05) is 56.2 Å². The first-order chi connectivity index (χ1) is 23.4. The molecule has 1 atom stereocenters. The number of benzene rings is 2. The predicted octanol–water partition coefficient (Wildman–Crippen LogP) is 4.76. The Morgan fingerprint density at radius 2 is 1.73 bits per heavy atom. The van der Waals surface area contributed by atoms with E-state index in [0.717, 1.165) is 98.2 Å². The van der Waals surface area contributed by atoms with E-state index in [-0.39, 0.29) is 36.2 Å². The number of anilines is 2. The fourth-order valence-electron chi connectivity index (χ4n) is 6.72. The van der Waals surface area contributed by atoms with Crippen LogP contribution in [-0.4, -0.2) is 74.7 Å². The lowest BCUT2D eigenvalue weighted by Gasteiger charge is -2.43. The maximum atomic E-state index is 13.2. The van der Waals surface area contributed by atoms with Gasteiger partial charge in [-0.3, -0.25) is 14.5 Å². The largest absolute Gasteiger partial charge is 0.469 e. The van der Waals surface area contributed by atoms with Gasteiger partial charge < -0.3 is 21.1 Å². The van der Waals surface area contributed by atoms with Crippen molar-refractivity contribution in [3.63, 3.8) is 0 Å². The molecule has 4 N–H and O–H groups in total. The summed E-state index contributed by atoms with van der Waals surface area (Å²) >= 11 is 0. The molecule has 0 radical (unpaired) electrons. The summed E-state index contributed by atoms with van der Waals surface area (Å²) in [5, 5.41) is 6.53. The molecular formula is C37H52N6O5S. The average Bonchev–Trinajstić information content (AvgIpc) is 3.07. The van der Waals surface area contributed by atoms with Gasteiger partial charge in [-0.2, -0.15) is 4.98 Å². The Balaban J connectivity index is 1.46. The highest BCUT2D eigenvalue weighted by atomic mass is 32.2. The van der Waals surface area contributed by atoms with Gasteiger partial charge in [-0.15, -0.1) is 0 Å². The molecule has 1 aliphatic heterocycles. The molecule has 1 amide bonds. The molecule has 266 valence electrons. The molecule has 12 heteroatoms. The van der Waals surface area contributed by atoms with Gasteiger partial charge in [0.2, 0.25) is 11.9 Å². The molecule has 1 fully saturated rings. The Bertz CT molecular complexity index is 1660. The van der Waals surface area contributed by atoms with Crippen LogP contribution in [0.3, 0.4) is 0 Å². The van der Waals surface area contributed by atoms with E-state index in [4.69, 9.17) is 10.5 Å². The minimum atomic E-state index is -3.33. The first-order valence-electron chi connectivity index (χ1n) is 17.2. The molecular weight excluding hydrogens is 641 g/mol. The monoisotopic (exact) mass is 692 g/mol. The standard InChI is InChI=1S/C37H52N6O5S/c1-5-6-7-21-39-35-32(27(2)41-36(38)42-35)10-8-19-37(30-15-17-31(18-16-30)49(4,46)47)20-9-22-43(26-37)25-33(44)40-24-29-13-11-28(12-14-29)23-34(45)48-3/h11-18H,5-10,19-26H2,1-4H3,(H,40,44)(H3,38,39,41,42). The number of ether oxygens (including phenoxy) is 1. The van der Waals surface area contributed by atoms with Gasteiger partial charge in [-0.05, 0) is 80.8 Å². The summed E-state index contributed by atoms with van der Waals surface area (Å²) in [6, 6.07) is 14.8. The van der Waals surface area contributed by atoms with Crippen molar-refractivity contribution in [3.05, 3.63) is 76.5 Å². The summed E-state index contributed by atoms with van der Waals surface area (Å²) in [5.74, 6) is 0.709. The topological polar surface area (TPSA) is 157 Å². The number of piperidine rings is 1. The third-order valence-electron chi connectivity index (χ3n) is 9.39. The second-order valence-electron chi connectivity index (χ2n) is 13.2. The molecule has 2 heterocycles. The molecule has 0 bridgehead atoms. The van der Waals surface area contributed by atoms with Gasteiger partial charge in [0.15, 0.2) is 9.84 Å². The summed E-state index contributed by atoms with van der Waals surface area (Å²) in [5.41, 5.74) is 10.6. The number of unbranched alkanes of at least 4 members (excludes halogenated alkanes) is 2. The van der Waals surface area contributed by atoms with E-state index in [1.807, 2.05) is 43.3 Å². The molecule has 2 aromatic carbocycles. The van der Waals surface area contributed by atoms with E-state index >= 15 is 0 Å². The molecule has 49 heavy (non-hydrogen) atoms. The number of nitrogen functional groups attached to an aromatic ring is 1. The van der Waals surface area contributed by atoms with E-state index in [1.165, 1.54) is 13.4 Å². The number of hydrogen-bond donors (Lipinski definition) is 3. The average molecular weight is 693 g/mol. The number of likely N-dealkylation sites (tertiary alicyclic amines) is 1. The highest BCUT2D eigenvalue weighted by Crippen LogP contribution is 2.39. The van der Waals surface area contributed by atoms with Gasteiger partial charge in [0, 0.05) is 42.6 Å². The number of rotatable bonds is 17. The fourth-order valence-corrected chi connectivity index (χ4v) is 7.35. The van der Waals surface area contributed by atoms with Crippen molar-refractivity contribution >= 4 is 33.5 Å². The Morgan fingerprint density at radius 1 is 1.02 bits per heavy atom. The number of carbonyl (C=O) groups excluding carboxylic acids is 2. The highest BCUT2D eigenvalue weighted by molar-refractivity contribution is 7.90. The maximum Gasteiger partial charge on any atom is 0.309 e. The number of carbonyl (C=O) groups is 2. The number of amides is 1. The van der Waals surface area contributed by atoms with Crippen molar-refractivity contribution in [2.75, 3.05) is 50.6 Å². The number of hydrogen-bond acceptors (Lipinski definition) is 10. The van der Waals surface area contributed by atoms with E-state index < -0.39 is 9.84 Å². The SMILES string of the molecule is CCCCCNc1nc(N)nc(C)c1CCCC1(c2ccc(S(C)(=O)=O)cc2)CCCN(CC(=O)NCc2ccc(CC(=O)OC)cc2)C1. The molecule has 0 aliphatic carbocycles. The third kappa shape index (κ3) is 11.0. The van der Waals surface area contributed by atoms with E-state index in [0.29, 0.717) is 18.0 Å². The highest BCUT2D eigenvalue weighted by Gasteiger charge is 2.37. The van der Waals surface area contributed by atoms with Crippen LogP contribution in [0.5, 0.6) is 0 Å². The van der Waals surface area contributed by atoms with Crippen molar-refractivity contribution in [1.82, 2.24) is 20.2 Å². The van der Waals surface area contributed by atoms with Gasteiger partial charge in [0.05, 0.1) is 25.0 Å². The Morgan fingerprint density at radius 3 is 2.41 bits per heavy atom. The summed E-state index contributed by atoms with van der Waals surface area (Å²) in [4.78, 5) is 36.2. The normalized spacial score (nSPS) is 16.7. The lowest BCUT2D eigenvalue weighted by molar-refractivity contribution is -0.139. The van der Waals surface area contributed by atoms with Gasteiger partial charge in [-0.25, -0.2) is 13.4 Å². The number of methoxy groups -OCH3 is 1. The molecule has 1 aliphatic rings. The maximum absolute atomic E-state index is 13.2. The lowest BCUT2D eigenvalue weighted by atomic mass is 9.70. The number of nitrogens with one attached hydrogen (secondary N) is 2. The molecule has 4 rings (SSSR count). The summed E-state index contributed by atoms with van der Waals surface area (Å²) < 4.78 is 29.2. The molecule has 1 saturated heterocycles. The number of esters is 1. The molecule has 0 spiro atoms. The first kappa shape index (κ1) is 37.8. The second kappa shape index (κ2) is 17.6. The van der Waals surface area contributed by atoms with Crippen molar-refractivity contribution in [2.24, 2.45) is 0 Å². The summed E-state index contributed by atoms with van der Waals surface area (Å²) in [6.07, 6.45) is 9.08. The Hall–Kier alpha value is -4.03. The molecule has 1 unspecified atom stereocenters. The van der Waals surface area contributed by atoms with Crippen LogP contribution in [0.1, 0.15) is 79.8 Å². The summed E-state index contributed by atoms with van der Waals surface area (Å²) in [7, 11) is -1.96. The minimum Gasteiger partial charge on any atom is -0.469 e. The Labute approximate surface area is 291 Å². The lowest BCUT2D eigenvalue weighted by Crippen LogP contribution is -2.49. The van der Waals surface area contributed by atoms with Gasteiger partial charge in [0.25, 0.3) is 0 Å². The van der Waals surface area contributed by atoms with Crippen molar-refractivity contribution in [2.45, 2.75) is 88.5 Å². The van der Waals surface area contributed by atoms with Crippen LogP contribution in [0.15, 0.2) is 53.4 Å². The number of nitrogens with two attached hydrogens (primary N) is 1. The number of aryl methyl sites for hydroxylation is 1. The second-order valence-corrected chi connectivity index (χ2v) is 15.2. The van der Waals surface area contributed by atoms with Crippen LogP contribution in [0, 0.1) is 6.92 Å². The van der Waals surface area contributed by atoms with Crippen molar-refractivity contribution in [1.29, 1.82) is 0 Å².